The van der Waals surface area contributed by atoms with Crippen LogP contribution in [0.2, 0.25) is 0 Å². The lowest BCUT2D eigenvalue weighted by Gasteiger charge is -2.38. The Bertz CT molecular complexity index is 913. The maximum Gasteiger partial charge on any atom is 0.173 e. The summed E-state index contributed by atoms with van der Waals surface area (Å²) in [4.78, 5) is 4.92. The summed E-state index contributed by atoms with van der Waals surface area (Å²) in [7, 11) is 0. The lowest BCUT2D eigenvalue weighted by Crippen LogP contribution is -2.48. The summed E-state index contributed by atoms with van der Waals surface area (Å²) in [6.45, 7) is 9.90. The van der Waals surface area contributed by atoms with Crippen molar-refractivity contribution in [1.29, 1.82) is 0 Å². The highest BCUT2D eigenvalue weighted by atomic mass is 19.1. The molecule has 1 fully saturated rings. The monoisotopic (exact) mass is 394 g/mol. The highest BCUT2D eigenvalue weighted by Gasteiger charge is 2.30. The first kappa shape index (κ1) is 19.7. The van der Waals surface area contributed by atoms with Gasteiger partial charge in [0.1, 0.15) is 5.82 Å². The van der Waals surface area contributed by atoms with Gasteiger partial charge in [-0.15, -0.1) is 5.10 Å². The van der Waals surface area contributed by atoms with Crippen molar-refractivity contribution in [1.82, 2.24) is 30.0 Å². The highest BCUT2D eigenvalue weighted by molar-refractivity contribution is 5.29. The number of halogens is 1. The minimum atomic E-state index is -0.239. The summed E-state index contributed by atoms with van der Waals surface area (Å²) < 4.78 is 15.1. The second-order valence-corrected chi connectivity index (χ2v) is 7.60. The number of aryl methyl sites for hydroxylation is 1. The minimum absolute atomic E-state index is 0.00921. The second-order valence-electron chi connectivity index (χ2n) is 7.60. The molecule has 6 nitrogen and oxygen atoms in total. The molecule has 0 radical (unpaired) electrons. The molecule has 1 saturated heterocycles. The van der Waals surface area contributed by atoms with Gasteiger partial charge in [-0.3, -0.25) is 4.90 Å². The number of hydrogen-bond donors (Lipinski definition) is 0. The molecule has 0 spiro atoms. The molecule has 1 aliphatic heterocycles. The molecule has 1 aromatic heterocycles. The lowest BCUT2D eigenvalue weighted by atomic mass is 10.0. The summed E-state index contributed by atoms with van der Waals surface area (Å²) in [6, 6.07) is 15.1. The summed E-state index contributed by atoms with van der Waals surface area (Å²) in [5.74, 6) is 0.583. The van der Waals surface area contributed by atoms with Crippen molar-refractivity contribution in [3.63, 3.8) is 0 Å². The van der Waals surface area contributed by atoms with Crippen molar-refractivity contribution in [3.8, 4) is 0 Å². The fraction of sp³-hybridized carbons (Fsp3) is 0.409. The van der Waals surface area contributed by atoms with E-state index < -0.39 is 0 Å². The van der Waals surface area contributed by atoms with Crippen LogP contribution in [0.25, 0.3) is 0 Å². The van der Waals surface area contributed by atoms with Gasteiger partial charge in [0.05, 0.1) is 12.6 Å². The van der Waals surface area contributed by atoms with E-state index in [1.54, 1.807) is 12.1 Å². The molecule has 0 unspecified atom stereocenters. The first-order valence-corrected chi connectivity index (χ1v) is 10.2. The predicted octanol–water partition coefficient (Wildman–Crippen LogP) is 2.90. The molecule has 4 rings (SSSR count). The highest BCUT2D eigenvalue weighted by Crippen LogP contribution is 2.28. The van der Waals surface area contributed by atoms with Crippen LogP contribution in [0.5, 0.6) is 0 Å². The van der Waals surface area contributed by atoms with Gasteiger partial charge in [0, 0.05) is 26.2 Å². The minimum Gasteiger partial charge on any atom is -0.301 e. The maximum atomic E-state index is 13.3. The van der Waals surface area contributed by atoms with Crippen molar-refractivity contribution in [3.05, 3.63) is 76.9 Å². The van der Waals surface area contributed by atoms with Crippen molar-refractivity contribution in [2.75, 3.05) is 32.7 Å². The largest absolute Gasteiger partial charge is 0.301 e. The van der Waals surface area contributed by atoms with Crippen molar-refractivity contribution < 1.29 is 4.39 Å². The van der Waals surface area contributed by atoms with Crippen LogP contribution in [-0.4, -0.2) is 62.7 Å². The van der Waals surface area contributed by atoms with Crippen LogP contribution in [-0.2, 0) is 6.54 Å². The van der Waals surface area contributed by atoms with Crippen molar-refractivity contribution in [2.24, 2.45) is 0 Å². The third-order valence-electron chi connectivity index (χ3n) is 5.66. The molecule has 0 saturated carbocycles. The van der Waals surface area contributed by atoms with Gasteiger partial charge in [-0.05, 0) is 47.2 Å². The normalized spacial score (nSPS) is 16.8. The number of rotatable bonds is 6. The molecule has 0 bridgehead atoms. The third-order valence-corrected chi connectivity index (χ3v) is 5.66. The molecular formula is C22H27FN6. The van der Waals surface area contributed by atoms with Gasteiger partial charge >= 0.3 is 0 Å². The van der Waals surface area contributed by atoms with Gasteiger partial charge in [-0.1, -0.05) is 48.9 Å². The van der Waals surface area contributed by atoms with Gasteiger partial charge < -0.3 is 4.90 Å². The summed E-state index contributed by atoms with van der Waals surface area (Å²) in [6.07, 6.45) is 0. The SMILES string of the molecule is CCN1CCN([C@@H](c2ccc(C)cc2)c2nnnn2Cc2ccc(F)cc2)CC1. The molecule has 0 N–H and O–H groups in total. The number of tetrazole rings is 1. The first-order valence-electron chi connectivity index (χ1n) is 10.2. The van der Waals surface area contributed by atoms with Crippen molar-refractivity contribution in [2.45, 2.75) is 26.4 Å². The van der Waals surface area contributed by atoms with E-state index >= 15 is 0 Å². The Balaban J connectivity index is 1.65. The number of nitrogens with zero attached hydrogens (tertiary/aromatic N) is 6. The number of likely N-dealkylation sites (N-methyl/N-ethyl adjacent to an activating group) is 1. The zero-order valence-electron chi connectivity index (χ0n) is 17.0. The second kappa shape index (κ2) is 8.80. The fourth-order valence-electron chi connectivity index (χ4n) is 3.89. The van der Waals surface area contributed by atoms with E-state index in [1.165, 1.54) is 23.3 Å². The quantitative estimate of drug-likeness (QED) is 0.643. The molecule has 2 aromatic carbocycles. The number of piperazine rings is 1. The summed E-state index contributed by atoms with van der Waals surface area (Å²) in [5.41, 5.74) is 3.39. The summed E-state index contributed by atoms with van der Waals surface area (Å²) in [5, 5.41) is 12.6. The standard InChI is InChI=1S/C22H27FN6/c1-3-27-12-14-28(15-13-27)21(19-8-4-17(2)5-9-19)22-24-25-26-29(22)16-18-6-10-20(23)11-7-18/h4-11,21H,3,12-16H2,1-2H3/t21-/m0/s1. The molecule has 1 aliphatic rings. The number of benzene rings is 2. The van der Waals surface area contributed by atoms with E-state index in [-0.39, 0.29) is 11.9 Å². The van der Waals surface area contributed by atoms with E-state index in [9.17, 15) is 4.39 Å². The van der Waals surface area contributed by atoms with Crippen LogP contribution in [0.15, 0.2) is 48.5 Å². The lowest BCUT2D eigenvalue weighted by molar-refractivity contribution is 0.108. The van der Waals surface area contributed by atoms with E-state index in [0.717, 1.165) is 44.1 Å². The molecule has 0 amide bonds. The van der Waals surface area contributed by atoms with Crippen LogP contribution in [0.3, 0.4) is 0 Å². The van der Waals surface area contributed by atoms with Gasteiger partial charge in [-0.25, -0.2) is 9.07 Å². The molecule has 3 aromatic rings. The molecule has 152 valence electrons. The fourth-order valence-corrected chi connectivity index (χ4v) is 3.89. The Morgan fingerprint density at radius 2 is 1.66 bits per heavy atom. The van der Waals surface area contributed by atoms with Crippen LogP contribution in [0.4, 0.5) is 4.39 Å². The van der Waals surface area contributed by atoms with Gasteiger partial charge in [-0.2, -0.15) is 0 Å². The van der Waals surface area contributed by atoms with Crippen LogP contribution >= 0.6 is 0 Å². The Hall–Kier alpha value is -2.64. The topological polar surface area (TPSA) is 50.1 Å². The van der Waals surface area contributed by atoms with Gasteiger partial charge in [0.2, 0.25) is 0 Å². The number of hydrogen-bond acceptors (Lipinski definition) is 5. The smallest absolute Gasteiger partial charge is 0.173 e. The van der Waals surface area contributed by atoms with Gasteiger partial charge in [0.25, 0.3) is 0 Å². The number of aromatic nitrogens is 4. The molecular weight excluding hydrogens is 367 g/mol. The Labute approximate surface area is 170 Å². The average molecular weight is 394 g/mol. The van der Waals surface area contributed by atoms with Crippen LogP contribution in [0.1, 0.15) is 35.5 Å². The molecule has 7 heteroatoms. The van der Waals surface area contributed by atoms with Crippen LogP contribution < -0.4 is 0 Å². The molecule has 29 heavy (non-hydrogen) atoms. The van der Waals surface area contributed by atoms with Crippen LogP contribution in [0, 0.1) is 12.7 Å². The average Bonchev–Trinajstić information content (AvgIpc) is 3.19. The van der Waals surface area contributed by atoms with Crippen molar-refractivity contribution >= 4 is 0 Å². The zero-order valence-corrected chi connectivity index (χ0v) is 17.0. The molecule has 0 aliphatic carbocycles. The van der Waals surface area contributed by atoms with E-state index in [0.29, 0.717) is 6.54 Å². The Kier molecular flexibility index (Phi) is 5.97. The van der Waals surface area contributed by atoms with Gasteiger partial charge in [0.15, 0.2) is 5.82 Å². The zero-order chi connectivity index (χ0) is 20.2. The van der Waals surface area contributed by atoms with E-state index in [1.807, 2.05) is 4.68 Å². The third kappa shape index (κ3) is 4.52. The summed E-state index contributed by atoms with van der Waals surface area (Å²) >= 11 is 0. The molecule has 2 heterocycles. The van der Waals surface area contributed by atoms with E-state index in [2.05, 4.69) is 63.4 Å². The Morgan fingerprint density at radius 1 is 0.966 bits per heavy atom. The Morgan fingerprint density at radius 3 is 2.31 bits per heavy atom. The predicted molar refractivity (Wildman–Crippen MR) is 110 cm³/mol. The molecule has 1 atom stereocenters. The first-order chi connectivity index (χ1) is 14.1. The van der Waals surface area contributed by atoms with E-state index in [4.69, 9.17) is 0 Å². The maximum absolute atomic E-state index is 13.3.